The second kappa shape index (κ2) is 9.95. The zero-order valence-corrected chi connectivity index (χ0v) is 17.3. The van der Waals surface area contributed by atoms with E-state index >= 15 is 0 Å². The van der Waals surface area contributed by atoms with Gasteiger partial charge in [0.25, 0.3) is 5.69 Å². The molecule has 1 amide bonds. The number of carbonyl (C=O) groups excluding carboxylic acids is 1. The van der Waals surface area contributed by atoms with Crippen molar-refractivity contribution in [2.45, 2.75) is 23.6 Å². The largest absolute Gasteiger partial charge is 0.325 e. The van der Waals surface area contributed by atoms with Gasteiger partial charge in [-0.05, 0) is 30.7 Å². The number of nitro benzene ring substituents is 1. The summed E-state index contributed by atoms with van der Waals surface area (Å²) in [6.07, 6.45) is 0. The molecule has 1 atom stereocenters. The van der Waals surface area contributed by atoms with Crippen molar-refractivity contribution in [1.82, 2.24) is 4.90 Å². The van der Waals surface area contributed by atoms with Gasteiger partial charge in [0.2, 0.25) is 5.91 Å². The van der Waals surface area contributed by atoms with Crippen LogP contribution in [0.4, 0.5) is 11.4 Å². The van der Waals surface area contributed by atoms with Crippen LogP contribution in [0.25, 0.3) is 0 Å². The smallest absolute Gasteiger partial charge is 0.269 e. The maximum atomic E-state index is 12.7. The Kier molecular flexibility index (Phi) is 7.36. The van der Waals surface area contributed by atoms with Crippen LogP contribution in [0.15, 0.2) is 53.4 Å². The summed E-state index contributed by atoms with van der Waals surface area (Å²) in [4.78, 5) is 26.2. The Morgan fingerprint density at radius 1 is 1.21 bits per heavy atom. The Balaban J connectivity index is 1.61. The Bertz CT molecular complexity index is 824. The van der Waals surface area contributed by atoms with Crippen molar-refractivity contribution in [2.24, 2.45) is 0 Å². The minimum atomic E-state index is -0.428. The number of nitrogens with one attached hydrogen (secondary N) is 1. The summed E-state index contributed by atoms with van der Waals surface area (Å²) in [5, 5.41) is 13.5. The molecule has 2 aromatic carbocycles. The third-order valence-corrected chi connectivity index (χ3v) is 6.56. The number of nitrogens with zero attached hydrogens (tertiary/aromatic N) is 2. The Hall–Kier alpha value is -2.03. The number of nitro groups is 1. The second-order valence-electron chi connectivity index (χ2n) is 6.55. The fraction of sp³-hybridized carbons (Fsp3) is 0.350. The molecule has 1 N–H and O–H groups in total. The molecule has 0 unspecified atom stereocenters. The van der Waals surface area contributed by atoms with E-state index in [9.17, 15) is 14.9 Å². The van der Waals surface area contributed by atoms with Crippen LogP contribution >= 0.6 is 23.5 Å². The molecule has 1 heterocycles. The van der Waals surface area contributed by atoms with Gasteiger partial charge in [-0.15, -0.1) is 11.8 Å². The fourth-order valence-corrected chi connectivity index (χ4v) is 4.76. The van der Waals surface area contributed by atoms with Gasteiger partial charge in [0.05, 0.1) is 10.2 Å². The molecule has 0 spiro atoms. The van der Waals surface area contributed by atoms with Crippen LogP contribution in [0.3, 0.4) is 0 Å². The minimum Gasteiger partial charge on any atom is -0.325 e. The van der Waals surface area contributed by atoms with E-state index in [4.69, 9.17) is 0 Å². The van der Waals surface area contributed by atoms with Crippen molar-refractivity contribution in [3.05, 3.63) is 64.2 Å². The molecule has 3 rings (SSSR count). The van der Waals surface area contributed by atoms with E-state index in [0.29, 0.717) is 0 Å². The van der Waals surface area contributed by atoms with Gasteiger partial charge in [-0.25, -0.2) is 0 Å². The van der Waals surface area contributed by atoms with Gasteiger partial charge in [-0.2, -0.15) is 11.8 Å². The first kappa shape index (κ1) is 20.7. The SMILES string of the molecule is C[C@@H](Sc1ccc([N+](=O)[O-])cc1)C(=O)Nc1ccccc1CN1CCSCC1. The van der Waals surface area contributed by atoms with E-state index in [-0.39, 0.29) is 16.8 Å². The molecule has 0 radical (unpaired) electrons. The van der Waals surface area contributed by atoms with Crippen LogP contribution in [0.5, 0.6) is 0 Å². The maximum Gasteiger partial charge on any atom is 0.269 e. The van der Waals surface area contributed by atoms with E-state index in [2.05, 4.69) is 16.3 Å². The highest BCUT2D eigenvalue weighted by Crippen LogP contribution is 2.27. The molecule has 1 aliphatic heterocycles. The highest BCUT2D eigenvalue weighted by molar-refractivity contribution is 8.00. The van der Waals surface area contributed by atoms with Gasteiger partial charge in [0.1, 0.15) is 0 Å². The van der Waals surface area contributed by atoms with E-state index in [1.807, 2.05) is 36.9 Å². The van der Waals surface area contributed by atoms with Crippen molar-refractivity contribution >= 4 is 40.8 Å². The molecule has 0 aliphatic carbocycles. The van der Waals surface area contributed by atoms with Gasteiger partial charge in [-0.3, -0.25) is 19.8 Å². The second-order valence-corrected chi connectivity index (χ2v) is 9.18. The first-order valence-electron chi connectivity index (χ1n) is 9.13. The fourth-order valence-electron chi connectivity index (χ4n) is 2.92. The lowest BCUT2D eigenvalue weighted by atomic mass is 10.1. The Labute approximate surface area is 173 Å². The van der Waals surface area contributed by atoms with Gasteiger partial charge in [-0.1, -0.05) is 18.2 Å². The number of hydrogen-bond donors (Lipinski definition) is 1. The summed E-state index contributed by atoms with van der Waals surface area (Å²) in [5.41, 5.74) is 2.02. The Morgan fingerprint density at radius 2 is 1.89 bits per heavy atom. The normalized spacial score (nSPS) is 15.8. The standard InChI is InChI=1S/C20H23N3O3S2/c1-15(28-18-8-6-17(7-9-18)23(25)26)20(24)21-19-5-3-2-4-16(19)14-22-10-12-27-13-11-22/h2-9,15H,10-14H2,1H3,(H,21,24)/t15-/m1/s1. The van der Waals surface area contributed by atoms with Crippen molar-refractivity contribution in [1.29, 1.82) is 0 Å². The molecular formula is C20H23N3O3S2. The van der Waals surface area contributed by atoms with E-state index in [1.165, 1.54) is 23.9 Å². The molecule has 6 nitrogen and oxygen atoms in total. The number of carbonyl (C=O) groups is 1. The Morgan fingerprint density at radius 3 is 2.57 bits per heavy atom. The van der Waals surface area contributed by atoms with E-state index in [1.54, 1.807) is 12.1 Å². The summed E-state index contributed by atoms with van der Waals surface area (Å²) in [5.74, 6) is 2.22. The monoisotopic (exact) mass is 417 g/mol. The number of para-hydroxylation sites is 1. The zero-order valence-electron chi connectivity index (χ0n) is 15.7. The zero-order chi connectivity index (χ0) is 19.9. The molecule has 0 bridgehead atoms. The predicted octanol–water partition coefficient (Wildman–Crippen LogP) is 4.26. The van der Waals surface area contributed by atoms with E-state index in [0.717, 1.165) is 47.3 Å². The third kappa shape index (κ3) is 5.73. The van der Waals surface area contributed by atoms with E-state index < -0.39 is 4.92 Å². The maximum absolute atomic E-state index is 12.7. The lowest BCUT2D eigenvalue weighted by molar-refractivity contribution is -0.384. The summed E-state index contributed by atoms with van der Waals surface area (Å²) in [6.45, 7) is 4.81. The number of rotatable bonds is 7. The summed E-state index contributed by atoms with van der Waals surface area (Å²) in [6, 6.07) is 14.2. The van der Waals surface area contributed by atoms with Gasteiger partial charge < -0.3 is 5.32 Å². The average molecular weight is 418 g/mol. The first-order valence-corrected chi connectivity index (χ1v) is 11.2. The first-order chi connectivity index (χ1) is 13.5. The molecule has 8 heteroatoms. The van der Waals surface area contributed by atoms with Crippen molar-refractivity contribution in [2.75, 3.05) is 29.9 Å². The highest BCUT2D eigenvalue weighted by Gasteiger charge is 2.18. The quantitative estimate of drug-likeness (QED) is 0.412. The average Bonchev–Trinajstić information content (AvgIpc) is 2.70. The van der Waals surface area contributed by atoms with Crippen LogP contribution in [0.1, 0.15) is 12.5 Å². The number of amides is 1. The lowest BCUT2D eigenvalue weighted by Crippen LogP contribution is -2.32. The van der Waals surface area contributed by atoms with Crippen molar-refractivity contribution in [3.8, 4) is 0 Å². The topological polar surface area (TPSA) is 75.5 Å². The number of hydrogen-bond acceptors (Lipinski definition) is 6. The molecule has 2 aromatic rings. The molecule has 1 aliphatic rings. The number of non-ortho nitro benzene ring substituents is 1. The van der Waals surface area contributed by atoms with Crippen LogP contribution in [0, 0.1) is 10.1 Å². The molecule has 0 saturated carbocycles. The third-order valence-electron chi connectivity index (χ3n) is 4.50. The molecule has 28 heavy (non-hydrogen) atoms. The summed E-state index contributed by atoms with van der Waals surface area (Å²) < 4.78 is 0. The molecule has 1 fully saturated rings. The summed E-state index contributed by atoms with van der Waals surface area (Å²) in [7, 11) is 0. The minimum absolute atomic E-state index is 0.0477. The van der Waals surface area contributed by atoms with Crippen LogP contribution in [-0.2, 0) is 11.3 Å². The lowest BCUT2D eigenvalue weighted by Gasteiger charge is -2.27. The van der Waals surface area contributed by atoms with Crippen molar-refractivity contribution in [3.63, 3.8) is 0 Å². The summed E-state index contributed by atoms with van der Waals surface area (Å²) >= 11 is 3.36. The van der Waals surface area contributed by atoms with Gasteiger partial charge >= 0.3 is 0 Å². The number of anilines is 1. The molecule has 1 saturated heterocycles. The predicted molar refractivity (Wildman–Crippen MR) is 116 cm³/mol. The molecular weight excluding hydrogens is 394 g/mol. The molecule has 0 aromatic heterocycles. The van der Waals surface area contributed by atoms with Gasteiger partial charge in [0.15, 0.2) is 0 Å². The molecule has 148 valence electrons. The van der Waals surface area contributed by atoms with Crippen molar-refractivity contribution < 1.29 is 9.72 Å². The van der Waals surface area contributed by atoms with Gasteiger partial charge in [0, 0.05) is 53.9 Å². The van der Waals surface area contributed by atoms with Crippen LogP contribution in [0.2, 0.25) is 0 Å². The number of benzene rings is 2. The van der Waals surface area contributed by atoms with Crippen LogP contribution in [-0.4, -0.2) is 45.6 Å². The van der Waals surface area contributed by atoms with Crippen LogP contribution < -0.4 is 5.32 Å². The number of thioether (sulfide) groups is 2. The highest BCUT2D eigenvalue weighted by atomic mass is 32.2.